The number of hydrogen-bond donors (Lipinski definition) is 1. The molecule has 0 radical (unpaired) electrons. The first-order chi connectivity index (χ1) is 18.1. The van der Waals surface area contributed by atoms with Gasteiger partial charge in [0.05, 0.1) is 39.6 Å². The second kappa shape index (κ2) is 10.5. The number of benzene rings is 3. The third kappa shape index (κ3) is 5.32. The van der Waals surface area contributed by atoms with Crippen molar-refractivity contribution in [3.63, 3.8) is 0 Å². The highest BCUT2D eigenvalue weighted by atomic mass is 35.5. The van der Waals surface area contributed by atoms with E-state index in [-0.39, 0.29) is 18.0 Å². The van der Waals surface area contributed by atoms with Crippen LogP contribution in [0.1, 0.15) is 5.56 Å². The number of nitrogens with one attached hydrogen (secondary N) is 1. The van der Waals surface area contributed by atoms with E-state index in [2.05, 4.69) is 20.7 Å². The van der Waals surface area contributed by atoms with Gasteiger partial charge in [-0.15, -0.1) is 11.3 Å². The minimum Gasteiger partial charge on any atom is -0.492 e. The van der Waals surface area contributed by atoms with Gasteiger partial charge in [-0.3, -0.25) is 0 Å². The molecule has 0 saturated carbocycles. The van der Waals surface area contributed by atoms with Crippen molar-refractivity contribution in [3.8, 4) is 16.3 Å². The number of aryl methyl sites for hydroxylation is 1. The SMILES string of the molecule is COC1=Nc2cc(C)cc(-c3nc4c(Cl)cc(OCCNS(=O)(=O)c5ccc(F)cc5)cc4s3)c2N(C)C1. The molecule has 0 aliphatic carbocycles. The molecule has 1 aliphatic rings. The molecule has 38 heavy (non-hydrogen) atoms. The fourth-order valence-electron chi connectivity index (χ4n) is 4.18. The fourth-order valence-corrected chi connectivity index (χ4v) is 6.54. The van der Waals surface area contributed by atoms with Gasteiger partial charge in [-0.05, 0) is 55.0 Å². The minimum absolute atomic E-state index is 0.0198. The summed E-state index contributed by atoms with van der Waals surface area (Å²) in [5.74, 6) is 0.635. The zero-order valence-electron chi connectivity index (χ0n) is 20.8. The monoisotopic (exact) mass is 574 g/mol. The molecule has 1 aromatic heterocycles. The Bertz CT molecular complexity index is 1660. The van der Waals surface area contributed by atoms with Gasteiger partial charge in [0.1, 0.15) is 28.7 Å². The molecule has 12 heteroatoms. The summed E-state index contributed by atoms with van der Waals surface area (Å²) in [6.07, 6.45) is 0. The van der Waals surface area contributed by atoms with Gasteiger partial charge >= 0.3 is 0 Å². The Kier molecular flexibility index (Phi) is 7.28. The van der Waals surface area contributed by atoms with Crippen molar-refractivity contribution >= 4 is 60.5 Å². The summed E-state index contributed by atoms with van der Waals surface area (Å²) in [6.45, 7) is 2.66. The fraction of sp³-hybridized carbons (Fsp3) is 0.231. The molecule has 5 rings (SSSR count). The van der Waals surface area contributed by atoms with E-state index in [0.29, 0.717) is 28.7 Å². The number of likely N-dealkylation sites (N-methyl/N-ethyl adjacent to an activating group) is 1. The van der Waals surface area contributed by atoms with E-state index >= 15 is 0 Å². The van der Waals surface area contributed by atoms with Crippen LogP contribution in [0.3, 0.4) is 0 Å². The van der Waals surface area contributed by atoms with Crippen LogP contribution < -0.4 is 14.4 Å². The third-order valence-corrected chi connectivity index (χ3v) is 8.71. The molecular weight excluding hydrogens is 551 g/mol. The number of thiazole rings is 1. The third-order valence-electron chi connectivity index (χ3n) is 5.91. The van der Waals surface area contributed by atoms with Crippen LogP contribution >= 0.6 is 22.9 Å². The second-order valence-corrected chi connectivity index (χ2v) is 11.9. The van der Waals surface area contributed by atoms with Gasteiger partial charge in [-0.1, -0.05) is 11.6 Å². The van der Waals surface area contributed by atoms with Crippen LogP contribution in [-0.2, 0) is 14.8 Å². The van der Waals surface area contributed by atoms with Gasteiger partial charge < -0.3 is 14.4 Å². The van der Waals surface area contributed by atoms with E-state index in [1.54, 1.807) is 13.2 Å². The number of sulfonamides is 1. The molecule has 4 aromatic rings. The molecule has 3 aromatic carbocycles. The molecule has 0 bridgehead atoms. The molecule has 2 heterocycles. The maximum Gasteiger partial charge on any atom is 0.240 e. The number of halogens is 2. The van der Waals surface area contributed by atoms with Crippen LogP contribution in [0.4, 0.5) is 15.8 Å². The number of aliphatic imine (C=N–C) groups is 1. The minimum atomic E-state index is -3.77. The van der Waals surface area contributed by atoms with E-state index < -0.39 is 15.8 Å². The number of fused-ring (bicyclic) bond motifs is 2. The van der Waals surface area contributed by atoms with Crippen molar-refractivity contribution in [1.82, 2.24) is 9.71 Å². The summed E-state index contributed by atoms with van der Waals surface area (Å²) in [7, 11) is -0.171. The number of rotatable bonds is 7. The van der Waals surface area contributed by atoms with Crippen LogP contribution in [0.5, 0.6) is 5.75 Å². The topological polar surface area (TPSA) is 93.1 Å². The Morgan fingerprint density at radius 2 is 1.95 bits per heavy atom. The lowest BCUT2D eigenvalue weighted by Gasteiger charge is -2.28. The average molecular weight is 575 g/mol. The van der Waals surface area contributed by atoms with Crippen molar-refractivity contribution in [2.24, 2.45) is 4.99 Å². The van der Waals surface area contributed by atoms with Crippen molar-refractivity contribution in [2.75, 3.05) is 38.8 Å². The van der Waals surface area contributed by atoms with Gasteiger partial charge in [-0.25, -0.2) is 27.5 Å². The highest BCUT2D eigenvalue weighted by Crippen LogP contribution is 2.45. The molecule has 8 nitrogen and oxygen atoms in total. The number of hydrogen-bond acceptors (Lipinski definition) is 8. The predicted octanol–water partition coefficient (Wildman–Crippen LogP) is 5.55. The number of nitrogens with zero attached hydrogens (tertiary/aromatic N) is 3. The standard InChI is InChI=1S/C26H24ClFN4O4S2/c1-15-10-19(25-21(11-15)30-23(35-3)14-32(25)2)26-31-24-20(27)12-17(13-22(24)37-26)36-9-8-29-38(33,34)18-6-4-16(28)5-7-18/h4-7,10-13,29H,8-9,14H2,1-3H3. The molecule has 198 valence electrons. The molecular formula is C26H24ClFN4O4S2. The second-order valence-electron chi connectivity index (χ2n) is 8.72. The van der Waals surface area contributed by atoms with Gasteiger partial charge in [0.15, 0.2) is 0 Å². The largest absolute Gasteiger partial charge is 0.492 e. The molecule has 1 N–H and O–H groups in total. The van der Waals surface area contributed by atoms with E-state index in [9.17, 15) is 12.8 Å². The van der Waals surface area contributed by atoms with Gasteiger partial charge in [0, 0.05) is 25.2 Å². The Labute approximate surface area is 228 Å². The first-order valence-corrected chi connectivity index (χ1v) is 14.3. The van der Waals surface area contributed by atoms with Gasteiger partial charge in [0.25, 0.3) is 0 Å². The van der Waals surface area contributed by atoms with Crippen LogP contribution in [0.25, 0.3) is 20.8 Å². The van der Waals surface area contributed by atoms with E-state index in [1.165, 1.54) is 23.5 Å². The summed E-state index contributed by atoms with van der Waals surface area (Å²) in [4.78, 5) is 11.5. The van der Waals surface area contributed by atoms with Crippen molar-refractivity contribution < 1.29 is 22.3 Å². The molecule has 0 atom stereocenters. The number of anilines is 1. The Balaban J connectivity index is 1.35. The highest BCUT2D eigenvalue weighted by Gasteiger charge is 2.24. The van der Waals surface area contributed by atoms with Crippen LogP contribution in [0, 0.1) is 12.7 Å². The lowest BCUT2D eigenvalue weighted by molar-refractivity contribution is 0.323. The smallest absolute Gasteiger partial charge is 0.240 e. The van der Waals surface area contributed by atoms with E-state index in [1.807, 2.05) is 26.1 Å². The van der Waals surface area contributed by atoms with Crippen LogP contribution in [-0.4, -0.2) is 53.2 Å². The molecule has 0 amide bonds. The van der Waals surface area contributed by atoms with Crippen LogP contribution in [0.15, 0.2) is 58.4 Å². The summed E-state index contributed by atoms with van der Waals surface area (Å²) < 4.78 is 52.3. The number of ether oxygens (including phenoxy) is 2. The Morgan fingerprint density at radius 3 is 2.68 bits per heavy atom. The van der Waals surface area contributed by atoms with Gasteiger partial charge in [0.2, 0.25) is 15.9 Å². The first kappa shape index (κ1) is 26.4. The zero-order chi connectivity index (χ0) is 27.0. The molecule has 0 saturated heterocycles. The summed E-state index contributed by atoms with van der Waals surface area (Å²) >= 11 is 8.04. The van der Waals surface area contributed by atoms with Crippen molar-refractivity contribution in [2.45, 2.75) is 11.8 Å². The average Bonchev–Trinajstić information content (AvgIpc) is 3.31. The Hall–Kier alpha value is -3.25. The molecule has 0 spiro atoms. The molecule has 0 unspecified atom stereocenters. The summed E-state index contributed by atoms with van der Waals surface area (Å²) in [5, 5.41) is 1.23. The number of aromatic nitrogens is 1. The predicted molar refractivity (Wildman–Crippen MR) is 149 cm³/mol. The van der Waals surface area contributed by atoms with Crippen molar-refractivity contribution in [3.05, 3.63) is 64.9 Å². The van der Waals surface area contributed by atoms with E-state index in [0.717, 1.165) is 44.3 Å². The van der Waals surface area contributed by atoms with E-state index in [4.69, 9.17) is 26.1 Å². The highest BCUT2D eigenvalue weighted by molar-refractivity contribution is 7.89. The molecule has 0 fully saturated rings. The number of methoxy groups -OCH3 is 1. The maximum absolute atomic E-state index is 13.1. The maximum atomic E-state index is 13.1. The lowest BCUT2D eigenvalue weighted by Crippen LogP contribution is -2.29. The zero-order valence-corrected chi connectivity index (χ0v) is 23.2. The Morgan fingerprint density at radius 1 is 1.18 bits per heavy atom. The lowest BCUT2D eigenvalue weighted by atomic mass is 10.1. The van der Waals surface area contributed by atoms with Gasteiger partial charge in [-0.2, -0.15) is 0 Å². The normalized spacial score (nSPS) is 13.4. The first-order valence-electron chi connectivity index (χ1n) is 11.6. The molecule has 1 aliphatic heterocycles. The summed E-state index contributed by atoms with van der Waals surface area (Å²) in [5.41, 5.74) is 4.45. The quantitative estimate of drug-likeness (QED) is 0.291. The van der Waals surface area contributed by atoms with Crippen molar-refractivity contribution in [1.29, 1.82) is 0 Å². The van der Waals surface area contributed by atoms with Crippen LogP contribution in [0.2, 0.25) is 5.02 Å². The summed E-state index contributed by atoms with van der Waals surface area (Å²) in [6, 6.07) is 12.2.